The van der Waals surface area contributed by atoms with Gasteiger partial charge in [-0.3, -0.25) is 0 Å². The van der Waals surface area contributed by atoms with Gasteiger partial charge in [-0.1, -0.05) is 60.7 Å². The molecule has 0 aliphatic rings. The first-order valence-corrected chi connectivity index (χ1v) is 11.3. The predicted molar refractivity (Wildman–Crippen MR) is 140 cm³/mol. The number of aryl methyl sites for hydroxylation is 1. The third-order valence-corrected chi connectivity index (χ3v) is 5.95. The number of para-hydroxylation sites is 3. The first kappa shape index (κ1) is 20.0. The molecular weight excluding hydrogens is 418 g/mol. The number of H-pyrrole nitrogens is 1. The minimum atomic E-state index is 0.761. The summed E-state index contributed by atoms with van der Waals surface area (Å²) in [7, 11) is 0. The molecule has 0 radical (unpaired) electrons. The van der Waals surface area contributed by atoms with Gasteiger partial charge in [0.2, 0.25) is 0 Å². The highest BCUT2D eigenvalue weighted by Gasteiger charge is 2.14. The normalized spacial score (nSPS) is 11.6. The molecule has 5 heteroatoms. The maximum Gasteiger partial charge on any atom is 0.176 e. The van der Waals surface area contributed by atoms with Gasteiger partial charge >= 0.3 is 0 Å². The molecule has 0 atom stereocenters. The molecule has 0 amide bonds. The molecule has 0 unspecified atom stereocenters. The summed E-state index contributed by atoms with van der Waals surface area (Å²) in [5.74, 6) is 0.761. The van der Waals surface area contributed by atoms with Gasteiger partial charge in [0.1, 0.15) is 0 Å². The van der Waals surface area contributed by atoms with E-state index in [2.05, 4.69) is 66.5 Å². The van der Waals surface area contributed by atoms with Crippen LogP contribution in [0.5, 0.6) is 0 Å². The zero-order valence-corrected chi connectivity index (χ0v) is 18.8. The van der Waals surface area contributed by atoms with Gasteiger partial charge in [-0.15, -0.1) is 5.10 Å². The number of fused-ring (bicyclic) bond motifs is 3. The van der Waals surface area contributed by atoms with Gasteiger partial charge in [0.15, 0.2) is 5.82 Å². The Morgan fingerprint density at radius 3 is 2.29 bits per heavy atom. The van der Waals surface area contributed by atoms with E-state index in [1.165, 1.54) is 10.8 Å². The highest BCUT2D eigenvalue weighted by Crippen LogP contribution is 2.28. The van der Waals surface area contributed by atoms with Crippen LogP contribution in [0.1, 0.15) is 11.3 Å². The second-order valence-corrected chi connectivity index (χ2v) is 8.26. The minimum Gasteiger partial charge on any atom is -0.355 e. The van der Waals surface area contributed by atoms with E-state index in [0.717, 1.165) is 39.5 Å². The Hall–Kier alpha value is -4.64. The molecule has 5 nitrogen and oxygen atoms in total. The highest BCUT2D eigenvalue weighted by atomic mass is 15.5. The van der Waals surface area contributed by atoms with Crippen LogP contribution < -0.4 is 5.01 Å². The lowest BCUT2D eigenvalue weighted by Gasteiger charge is -2.16. The standard InChI is InChI=1S/C29H23N5/c1-21-18-29(32-33(21)23-10-4-2-5-11-23)34(24-12-6-3-7-13-24)30-20-22-16-17-28-26(19-22)25-14-8-9-15-27(25)31-28/h2-20,31H,1H3/b30-20-. The smallest absolute Gasteiger partial charge is 0.176 e. The fraction of sp³-hybridized carbons (Fsp3) is 0.0345. The second kappa shape index (κ2) is 8.37. The molecule has 0 saturated heterocycles. The Kier molecular flexibility index (Phi) is 4.92. The number of aromatic amines is 1. The summed E-state index contributed by atoms with van der Waals surface area (Å²) in [6.45, 7) is 2.06. The molecule has 0 saturated carbocycles. The molecule has 0 aliphatic heterocycles. The maximum absolute atomic E-state index is 4.88. The van der Waals surface area contributed by atoms with Gasteiger partial charge in [0, 0.05) is 33.6 Å². The van der Waals surface area contributed by atoms with Gasteiger partial charge in [-0.25, -0.2) is 9.69 Å². The Balaban J connectivity index is 1.41. The number of anilines is 2. The van der Waals surface area contributed by atoms with Crippen LogP contribution in [0.3, 0.4) is 0 Å². The van der Waals surface area contributed by atoms with Gasteiger partial charge < -0.3 is 4.98 Å². The highest BCUT2D eigenvalue weighted by molar-refractivity contribution is 6.08. The van der Waals surface area contributed by atoms with Crippen molar-refractivity contribution in [2.45, 2.75) is 6.92 Å². The first-order valence-electron chi connectivity index (χ1n) is 11.3. The topological polar surface area (TPSA) is 49.2 Å². The van der Waals surface area contributed by atoms with Crippen molar-refractivity contribution >= 4 is 39.5 Å². The van der Waals surface area contributed by atoms with Crippen molar-refractivity contribution in [3.05, 3.63) is 120 Å². The van der Waals surface area contributed by atoms with Crippen molar-refractivity contribution in [3.63, 3.8) is 0 Å². The molecule has 0 spiro atoms. The molecular formula is C29H23N5. The number of aromatic nitrogens is 3. The third-order valence-electron chi connectivity index (χ3n) is 5.95. The number of hydrazone groups is 1. The Morgan fingerprint density at radius 2 is 1.47 bits per heavy atom. The Labute approximate surface area is 197 Å². The van der Waals surface area contributed by atoms with Gasteiger partial charge in [0.05, 0.1) is 17.6 Å². The van der Waals surface area contributed by atoms with E-state index in [1.807, 2.05) is 70.5 Å². The van der Waals surface area contributed by atoms with Crippen LogP contribution in [0.15, 0.2) is 114 Å². The SMILES string of the molecule is Cc1cc(N(/N=C\c2ccc3[nH]c4ccccc4c3c2)c2ccccc2)nn1-c1ccccc1. The zero-order chi connectivity index (χ0) is 22.9. The van der Waals surface area contributed by atoms with Crippen LogP contribution in [0.2, 0.25) is 0 Å². The second-order valence-electron chi connectivity index (χ2n) is 8.26. The van der Waals surface area contributed by atoms with Crippen LogP contribution >= 0.6 is 0 Å². The molecule has 0 bridgehead atoms. The van der Waals surface area contributed by atoms with Crippen molar-refractivity contribution in [1.82, 2.24) is 14.8 Å². The lowest BCUT2D eigenvalue weighted by Crippen LogP contribution is -2.10. The molecule has 0 aliphatic carbocycles. The minimum absolute atomic E-state index is 0.761. The summed E-state index contributed by atoms with van der Waals surface area (Å²) in [5.41, 5.74) is 6.29. The van der Waals surface area contributed by atoms with Crippen LogP contribution in [0.4, 0.5) is 11.5 Å². The summed E-state index contributed by atoms with van der Waals surface area (Å²) >= 11 is 0. The van der Waals surface area contributed by atoms with Crippen LogP contribution in [0, 0.1) is 6.92 Å². The van der Waals surface area contributed by atoms with Crippen molar-refractivity contribution in [2.24, 2.45) is 5.10 Å². The van der Waals surface area contributed by atoms with Gasteiger partial charge in [-0.2, -0.15) is 5.10 Å². The lowest BCUT2D eigenvalue weighted by atomic mass is 10.1. The number of hydrogen-bond acceptors (Lipinski definition) is 3. The summed E-state index contributed by atoms with van der Waals surface area (Å²) in [6, 6.07) is 37.0. The average molecular weight is 442 g/mol. The summed E-state index contributed by atoms with van der Waals surface area (Å²) in [4.78, 5) is 3.48. The molecule has 6 aromatic rings. The largest absolute Gasteiger partial charge is 0.355 e. The molecule has 164 valence electrons. The number of rotatable bonds is 5. The van der Waals surface area contributed by atoms with Crippen molar-refractivity contribution in [1.29, 1.82) is 0 Å². The Bertz CT molecular complexity index is 1610. The quantitative estimate of drug-likeness (QED) is 0.232. The first-order chi connectivity index (χ1) is 16.8. The lowest BCUT2D eigenvalue weighted by molar-refractivity contribution is 0.836. The van der Waals surface area contributed by atoms with Crippen LogP contribution in [-0.2, 0) is 0 Å². The number of benzene rings is 4. The van der Waals surface area contributed by atoms with E-state index in [1.54, 1.807) is 0 Å². The maximum atomic E-state index is 4.88. The van der Waals surface area contributed by atoms with Gasteiger partial charge in [-0.05, 0) is 55.0 Å². The van der Waals surface area contributed by atoms with E-state index >= 15 is 0 Å². The molecule has 1 N–H and O–H groups in total. The van der Waals surface area contributed by atoms with Crippen molar-refractivity contribution in [2.75, 3.05) is 5.01 Å². The summed E-state index contributed by atoms with van der Waals surface area (Å²) < 4.78 is 1.94. The predicted octanol–water partition coefficient (Wildman–Crippen LogP) is 6.99. The van der Waals surface area contributed by atoms with Crippen molar-refractivity contribution < 1.29 is 0 Å². The fourth-order valence-corrected chi connectivity index (χ4v) is 4.29. The number of nitrogens with one attached hydrogen (secondary N) is 1. The third kappa shape index (κ3) is 3.63. The van der Waals surface area contributed by atoms with E-state index in [9.17, 15) is 0 Å². The van der Waals surface area contributed by atoms with E-state index < -0.39 is 0 Å². The van der Waals surface area contributed by atoms with Crippen LogP contribution in [-0.4, -0.2) is 21.0 Å². The molecule has 34 heavy (non-hydrogen) atoms. The monoisotopic (exact) mass is 441 g/mol. The summed E-state index contributed by atoms with van der Waals surface area (Å²) in [6.07, 6.45) is 1.89. The molecule has 4 aromatic carbocycles. The number of hydrogen-bond donors (Lipinski definition) is 1. The molecule has 6 rings (SSSR count). The van der Waals surface area contributed by atoms with E-state index in [-0.39, 0.29) is 0 Å². The molecule has 2 heterocycles. The van der Waals surface area contributed by atoms with E-state index in [4.69, 9.17) is 10.2 Å². The average Bonchev–Trinajstić information content (AvgIpc) is 3.45. The van der Waals surface area contributed by atoms with Gasteiger partial charge in [0.25, 0.3) is 0 Å². The van der Waals surface area contributed by atoms with Crippen LogP contribution in [0.25, 0.3) is 27.5 Å². The molecule has 0 fully saturated rings. The fourth-order valence-electron chi connectivity index (χ4n) is 4.29. The zero-order valence-electron chi connectivity index (χ0n) is 18.8. The number of nitrogens with zero attached hydrogens (tertiary/aromatic N) is 4. The van der Waals surface area contributed by atoms with Crippen molar-refractivity contribution in [3.8, 4) is 5.69 Å². The Morgan fingerprint density at radius 1 is 0.765 bits per heavy atom. The molecule has 2 aromatic heterocycles. The summed E-state index contributed by atoms with van der Waals surface area (Å²) in [5, 5.41) is 14.0. The van der Waals surface area contributed by atoms with E-state index in [0.29, 0.717) is 0 Å².